The molecule has 0 aliphatic rings. The maximum atomic E-state index is 12.4. The second-order valence-electron chi connectivity index (χ2n) is 5.45. The fourth-order valence-electron chi connectivity index (χ4n) is 2.30. The van der Waals surface area contributed by atoms with Crippen molar-refractivity contribution >= 4 is 5.91 Å². The van der Waals surface area contributed by atoms with Crippen LogP contribution in [0, 0.1) is 11.3 Å². The molecule has 0 aliphatic heterocycles. The topological polar surface area (TPSA) is 115 Å². The molecular formula is C18H25N3O5. The Labute approximate surface area is 153 Å². The van der Waals surface area contributed by atoms with Gasteiger partial charge in [0.15, 0.2) is 11.5 Å². The third-order valence-electron chi connectivity index (χ3n) is 3.71. The van der Waals surface area contributed by atoms with Crippen LogP contribution in [0.15, 0.2) is 30.0 Å². The van der Waals surface area contributed by atoms with Gasteiger partial charge in [-0.1, -0.05) is 6.07 Å². The van der Waals surface area contributed by atoms with Crippen molar-refractivity contribution in [2.45, 2.75) is 13.0 Å². The lowest BCUT2D eigenvalue weighted by Gasteiger charge is -2.19. The molecule has 0 aliphatic carbocycles. The predicted octanol–water partition coefficient (Wildman–Crippen LogP) is 0.575. The minimum Gasteiger partial charge on any atom is -0.493 e. The lowest BCUT2D eigenvalue weighted by Crippen LogP contribution is -2.30. The van der Waals surface area contributed by atoms with E-state index >= 15 is 0 Å². The molecule has 26 heavy (non-hydrogen) atoms. The Morgan fingerprint density at radius 1 is 1.27 bits per heavy atom. The van der Waals surface area contributed by atoms with E-state index in [0.717, 1.165) is 5.56 Å². The van der Waals surface area contributed by atoms with Gasteiger partial charge in [-0.25, -0.2) is 0 Å². The van der Waals surface area contributed by atoms with Crippen LogP contribution in [0.2, 0.25) is 0 Å². The second kappa shape index (κ2) is 11.0. The second-order valence-corrected chi connectivity index (χ2v) is 5.45. The van der Waals surface area contributed by atoms with Crippen molar-refractivity contribution in [1.82, 2.24) is 10.2 Å². The van der Waals surface area contributed by atoms with E-state index < -0.39 is 5.91 Å². The number of ether oxygens (including phenoxy) is 2. The Kier molecular flexibility index (Phi) is 8.98. The van der Waals surface area contributed by atoms with Crippen molar-refractivity contribution in [2.75, 3.05) is 40.5 Å². The predicted molar refractivity (Wildman–Crippen MR) is 95.5 cm³/mol. The number of nitriles is 1. The van der Waals surface area contributed by atoms with E-state index in [0.29, 0.717) is 11.5 Å². The summed E-state index contributed by atoms with van der Waals surface area (Å²) in [7, 11) is 3.07. The lowest BCUT2D eigenvalue weighted by molar-refractivity contribution is -0.117. The van der Waals surface area contributed by atoms with Gasteiger partial charge in [0.05, 0.1) is 33.5 Å². The van der Waals surface area contributed by atoms with Crippen molar-refractivity contribution in [3.8, 4) is 17.6 Å². The number of rotatable bonds is 10. The van der Waals surface area contributed by atoms with Gasteiger partial charge in [0.25, 0.3) is 5.91 Å². The summed E-state index contributed by atoms with van der Waals surface area (Å²) in [6.07, 6.45) is 1.34. The van der Waals surface area contributed by atoms with E-state index in [9.17, 15) is 10.1 Å². The Balaban J connectivity index is 2.91. The Bertz CT molecular complexity index is 663. The van der Waals surface area contributed by atoms with E-state index in [1.165, 1.54) is 25.3 Å². The molecule has 0 fully saturated rings. The first-order valence-corrected chi connectivity index (χ1v) is 8.11. The van der Waals surface area contributed by atoms with Crippen LogP contribution in [-0.2, 0) is 4.79 Å². The smallest absolute Gasteiger partial charge is 0.263 e. The van der Waals surface area contributed by atoms with Crippen LogP contribution in [0.3, 0.4) is 0 Å². The molecule has 0 aromatic heterocycles. The largest absolute Gasteiger partial charge is 0.493 e. The third kappa shape index (κ3) is 5.95. The number of hydrogen-bond acceptors (Lipinski definition) is 7. The molecule has 0 heterocycles. The number of carbonyl (C=O) groups is 1. The summed E-state index contributed by atoms with van der Waals surface area (Å²) in [5.41, 5.74) is 0.676. The number of aliphatic hydroxyl groups excluding tert-OH is 2. The number of amides is 1. The number of hydrogen-bond donors (Lipinski definition) is 3. The molecule has 0 spiro atoms. The molecule has 1 amide bonds. The van der Waals surface area contributed by atoms with Gasteiger partial charge >= 0.3 is 0 Å². The van der Waals surface area contributed by atoms with Gasteiger partial charge in [-0.15, -0.1) is 0 Å². The Hall–Kier alpha value is -2.76. The first-order valence-electron chi connectivity index (χ1n) is 8.11. The summed E-state index contributed by atoms with van der Waals surface area (Å²) in [6.45, 7) is 1.90. The molecule has 0 radical (unpaired) electrons. The summed E-state index contributed by atoms with van der Waals surface area (Å²) < 4.78 is 10.4. The molecular weight excluding hydrogens is 338 g/mol. The van der Waals surface area contributed by atoms with Gasteiger partial charge in [-0.2, -0.15) is 5.26 Å². The van der Waals surface area contributed by atoms with Gasteiger partial charge in [0, 0.05) is 19.3 Å². The molecule has 3 N–H and O–H groups in total. The van der Waals surface area contributed by atoms with Gasteiger partial charge in [0.1, 0.15) is 11.6 Å². The molecule has 0 saturated carbocycles. The molecule has 0 bridgehead atoms. The van der Waals surface area contributed by atoms with Crippen LogP contribution < -0.4 is 14.8 Å². The van der Waals surface area contributed by atoms with E-state index in [-0.39, 0.29) is 37.9 Å². The Morgan fingerprint density at radius 3 is 2.38 bits per heavy atom. The monoisotopic (exact) mass is 363 g/mol. The number of nitrogens with zero attached hydrogens (tertiary/aromatic N) is 2. The van der Waals surface area contributed by atoms with Crippen molar-refractivity contribution in [3.63, 3.8) is 0 Å². The summed E-state index contributed by atoms with van der Waals surface area (Å²) in [6, 6.07) is 6.76. The van der Waals surface area contributed by atoms with Crippen molar-refractivity contribution in [3.05, 3.63) is 35.5 Å². The van der Waals surface area contributed by atoms with E-state index in [1.54, 1.807) is 25.1 Å². The molecule has 0 saturated heterocycles. The Morgan fingerprint density at radius 2 is 1.88 bits per heavy atom. The average Bonchev–Trinajstić information content (AvgIpc) is 2.65. The average molecular weight is 363 g/mol. The molecule has 1 rings (SSSR count). The maximum Gasteiger partial charge on any atom is 0.263 e. The highest BCUT2D eigenvalue weighted by molar-refractivity contribution is 5.97. The fraction of sp³-hybridized carbons (Fsp3) is 0.444. The van der Waals surface area contributed by atoms with Crippen LogP contribution >= 0.6 is 0 Å². The zero-order valence-corrected chi connectivity index (χ0v) is 15.2. The first-order chi connectivity index (χ1) is 12.5. The number of methoxy groups -OCH3 is 2. The summed E-state index contributed by atoms with van der Waals surface area (Å²) >= 11 is 0. The molecule has 142 valence electrons. The summed E-state index contributed by atoms with van der Waals surface area (Å²) in [5, 5.41) is 30.0. The van der Waals surface area contributed by atoms with Crippen molar-refractivity contribution < 1.29 is 24.5 Å². The summed E-state index contributed by atoms with van der Waals surface area (Å²) in [5.74, 6) is 0.575. The van der Waals surface area contributed by atoms with E-state index in [4.69, 9.17) is 19.7 Å². The molecule has 1 aromatic carbocycles. The van der Waals surface area contributed by atoms with E-state index in [1.807, 2.05) is 6.07 Å². The number of benzene rings is 1. The van der Waals surface area contributed by atoms with Gasteiger partial charge in [-0.3, -0.25) is 4.79 Å². The SMILES string of the molecule is COc1ccc(C(C)NC(=O)/C(C#N)=C\N(CCO)CCO)cc1OC. The number of carbonyl (C=O) groups excluding carboxylic acids is 1. The van der Waals surface area contributed by atoms with Gasteiger partial charge < -0.3 is 29.9 Å². The quantitative estimate of drug-likeness (QED) is 0.411. The fourth-order valence-corrected chi connectivity index (χ4v) is 2.30. The summed E-state index contributed by atoms with van der Waals surface area (Å²) in [4.78, 5) is 13.9. The number of nitrogens with one attached hydrogen (secondary N) is 1. The number of aliphatic hydroxyl groups is 2. The first kappa shape index (κ1) is 21.3. The minimum atomic E-state index is -0.546. The lowest BCUT2D eigenvalue weighted by atomic mass is 10.1. The van der Waals surface area contributed by atoms with E-state index in [2.05, 4.69) is 5.32 Å². The van der Waals surface area contributed by atoms with Crippen LogP contribution in [0.4, 0.5) is 0 Å². The third-order valence-corrected chi connectivity index (χ3v) is 3.71. The van der Waals surface area contributed by atoms with Crippen molar-refractivity contribution in [1.29, 1.82) is 5.26 Å². The standard InChI is InChI=1S/C18H25N3O5/c1-13(14-4-5-16(25-2)17(10-14)26-3)20-18(24)15(11-19)12-21(6-8-22)7-9-23/h4-5,10,12-13,22-23H,6-9H2,1-3H3,(H,20,24)/b15-12-. The van der Waals surface area contributed by atoms with Gasteiger partial charge in [0.2, 0.25) is 0 Å². The molecule has 1 aromatic rings. The molecule has 8 heteroatoms. The highest BCUT2D eigenvalue weighted by Gasteiger charge is 2.16. The maximum absolute atomic E-state index is 12.4. The van der Waals surface area contributed by atoms with Crippen LogP contribution in [0.1, 0.15) is 18.5 Å². The normalized spacial score (nSPS) is 12.1. The minimum absolute atomic E-state index is 0.112. The highest BCUT2D eigenvalue weighted by atomic mass is 16.5. The van der Waals surface area contributed by atoms with Crippen LogP contribution in [-0.4, -0.2) is 61.5 Å². The molecule has 8 nitrogen and oxygen atoms in total. The zero-order valence-electron chi connectivity index (χ0n) is 15.2. The van der Waals surface area contributed by atoms with Crippen LogP contribution in [0.5, 0.6) is 11.5 Å². The molecule has 1 atom stereocenters. The van der Waals surface area contributed by atoms with Crippen molar-refractivity contribution in [2.24, 2.45) is 0 Å². The van der Waals surface area contributed by atoms with Gasteiger partial charge in [-0.05, 0) is 24.6 Å². The zero-order chi connectivity index (χ0) is 19.5. The highest BCUT2D eigenvalue weighted by Crippen LogP contribution is 2.29. The molecule has 1 unspecified atom stereocenters. The van der Waals surface area contributed by atoms with Crippen LogP contribution in [0.25, 0.3) is 0 Å².